The van der Waals surface area contributed by atoms with Crippen molar-refractivity contribution in [2.24, 2.45) is 19.2 Å². The van der Waals surface area contributed by atoms with E-state index in [0.29, 0.717) is 16.7 Å². The highest BCUT2D eigenvalue weighted by atomic mass is 19.1. The van der Waals surface area contributed by atoms with Crippen LogP contribution in [0.5, 0.6) is 0 Å². The molecule has 11 heteroatoms. The van der Waals surface area contributed by atoms with Crippen LogP contribution in [0.15, 0.2) is 22.4 Å². The van der Waals surface area contributed by atoms with E-state index in [2.05, 4.69) is 25.7 Å². The molecule has 1 N–H and O–H groups in total. The third-order valence-corrected chi connectivity index (χ3v) is 3.61. The smallest absolute Gasteiger partial charge is 0.264 e. The lowest BCUT2D eigenvalue weighted by molar-refractivity contribution is -0.121. The summed E-state index contributed by atoms with van der Waals surface area (Å²) >= 11 is 0. The number of hydrogen-bond donors (Lipinski definition) is 1. The number of halogens is 1. The van der Waals surface area contributed by atoms with Crippen LogP contribution in [0.1, 0.15) is 11.3 Å². The van der Waals surface area contributed by atoms with Gasteiger partial charge in [-0.3, -0.25) is 18.8 Å². The molecule has 0 atom stereocenters. The van der Waals surface area contributed by atoms with Crippen LogP contribution in [0.4, 0.5) is 4.39 Å². The van der Waals surface area contributed by atoms with Crippen LogP contribution in [0.25, 0.3) is 11.0 Å². The van der Waals surface area contributed by atoms with Gasteiger partial charge in [0.1, 0.15) is 18.3 Å². The molecule has 0 bridgehead atoms. The predicted molar refractivity (Wildman–Crippen MR) is 86.4 cm³/mol. The molecule has 10 nitrogen and oxygen atoms in total. The summed E-state index contributed by atoms with van der Waals surface area (Å²) < 4.78 is 17.4. The van der Waals surface area contributed by atoms with Crippen LogP contribution in [0.2, 0.25) is 0 Å². The predicted octanol–water partition coefficient (Wildman–Crippen LogP) is -0.539. The highest BCUT2D eigenvalue weighted by Gasteiger charge is 2.12. The first kappa shape index (κ1) is 16.5. The summed E-state index contributed by atoms with van der Waals surface area (Å²) in [6.45, 7) is 1.35. The molecule has 0 unspecified atom stereocenters. The number of fused-ring (bicyclic) bond motifs is 1. The second-order valence-electron chi connectivity index (χ2n) is 5.39. The van der Waals surface area contributed by atoms with Gasteiger partial charge in [0.25, 0.3) is 11.5 Å². The molecule has 0 aromatic carbocycles. The van der Waals surface area contributed by atoms with Gasteiger partial charge in [-0.15, -0.1) is 0 Å². The average Bonchev–Trinajstić information content (AvgIpc) is 3.05. The van der Waals surface area contributed by atoms with Crippen molar-refractivity contribution >= 4 is 23.2 Å². The molecular formula is C14H15FN8O2. The number of hydrazone groups is 1. The minimum atomic E-state index is -0.557. The van der Waals surface area contributed by atoms with E-state index in [4.69, 9.17) is 0 Å². The van der Waals surface area contributed by atoms with Crippen molar-refractivity contribution in [2.45, 2.75) is 13.5 Å². The summed E-state index contributed by atoms with van der Waals surface area (Å²) in [5, 5.41) is 11.9. The van der Waals surface area contributed by atoms with Crippen molar-refractivity contribution in [1.29, 1.82) is 0 Å². The van der Waals surface area contributed by atoms with Crippen LogP contribution in [-0.2, 0) is 25.4 Å². The number of carbonyl (C=O) groups is 1. The molecule has 130 valence electrons. The van der Waals surface area contributed by atoms with Gasteiger partial charge in [0.2, 0.25) is 5.95 Å². The number of rotatable bonds is 4. The van der Waals surface area contributed by atoms with Gasteiger partial charge in [-0.2, -0.15) is 19.7 Å². The van der Waals surface area contributed by atoms with Crippen LogP contribution >= 0.6 is 0 Å². The maximum Gasteiger partial charge on any atom is 0.264 e. The summed E-state index contributed by atoms with van der Waals surface area (Å²) in [4.78, 5) is 28.3. The minimum absolute atomic E-state index is 0.179. The zero-order chi connectivity index (χ0) is 18.1. The first-order valence-electron chi connectivity index (χ1n) is 7.26. The number of aromatic nitrogens is 6. The Bertz CT molecular complexity index is 1050. The van der Waals surface area contributed by atoms with Crippen molar-refractivity contribution < 1.29 is 9.18 Å². The molecule has 0 saturated carbocycles. The number of hydrogen-bond acceptors (Lipinski definition) is 6. The standard InChI is InChI=1S/C14H15FN8O2/c1-8-9(12(15)21(2)20-8)4-17-19-11(24)6-23-7-16-13-10(14(23)25)5-18-22(13)3/h4-5,7H,6H2,1-3H3,(H,19,24). The Balaban J connectivity index is 1.72. The monoisotopic (exact) mass is 346 g/mol. The SMILES string of the molecule is Cc1nn(C)c(F)c1C=NNC(=O)Cn1cnc2c(cnn2C)c1=O. The third kappa shape index (κ3) is 3.03. The van der Waals surface area contributed by atoms with Crippen molar-refractivity contribution in [2.75, 3.05) is 0 Å². The fourth-order valence-corrected chi connectivity index (χ4v) is 2.33. The van der Waals surface area contributed by atoms with Gasteiger partial charge < -0.3 is 0 Å². The van der Waals surface area contributed by atoms with Gasteiger partial charge in [0.05, 0.1) is 23.7 Å². The molecule has 3 heterocycles. The largest absolute Gasteiger partial charge is 0.289 e. The van der Waals surface area contributed by atoms with Crippen molar-refractivity contribution in [3.63, 3.8) is 0 Å². The Kier molecular flexibility index (Phi) is 4.13. The number of carbonyl (C=O) groups excluding carboxylic acids is 1. The highest BCUT2D eigenvalue weighted by Crippen LogP contribution is 2.07. The number of amides is 1. The van der Waals surface area contributed by atoms with Gasteiger partial charge in [-0.25, -0.2) is 15.1 Å². The molecule has 25 heavy (non-hydrogen) atoms. The second kappa shape index (κ2) is 6.26. The second-order valence-corrected chi connectivity index (χ2v) is 5.39. The first-order valence-corrected chi connectivity index (χ1v) is 7.26. The third-order valence-electron chi connectivity index (χ3n) is 3.61. The average molecular weight is 346 g/mol. The van der Waals surface area contributed by atoms with E-state index < -0.39 is 11.9 Å². The summed E-state index contributed by atoms with van der Waals surface area (Å²) in [5.74, 6) is -1.11. The Hall–Kier alpha value is -3.37. The molecule has 0 spiro atoms. The number of nitrogens with one attached hydrogen (secondary N) is 1. The van der Waals surface area contributed by atoms with Crippen molar-refractivity contribution in [1.82, 2.24) is 34.5 Å². The van der Waals surface area contributed by atoms with E-state index in [9.17, 15) is 14.0 Å². The van der Waals surface area contributed by atoms with Gasteiger partial charge in [0.15, 0.2) is 5.65 Å². The normalized spacial score (nSPS) is 11.5. The molecule has 0 aliphatic heterocycles. The van der Waals surface area contributed by atoms with Gasteiger partial charge in [0, 0.05) is 14.1 Å². The van der Waals surface area contributed by atoms with E-state index in [1.165, 1.54) is 30.5 Å². The van der Waals surface area contributed by atoms with E-state index >= 15 is 0 Å². The van der Waals surface area contributed by atoms with Crippen LogP contribution in [0.3, 0.4) is 0 Å². The lowest BCUT2D eigenvalue weighted by Crippen LogP contribution is -2.30. The Morgan fingerprint density at radius 1 is 1.40 bits per heavy atom. The summed E-state index contributed by atoms with van der Waals surface area (Å²) in [7, 11) is 3.13. The molecule has 3 rings (SSSR count). The van der Waals surface area contributed by atoms with Gasteiger partial charge in [-0.1, -0.05) is 0 Å². The van der Waals surface area contributed by atoms with Crippen LogP contribution in [-0.4, -0.2) is 41.2 Å². The Morgan fingerprint density at radius 2 is 2.16 bits per heavy atom. The summed E-state index contributed by atoms with van der Waals surface area (Å²) in [6, 6.07) is 0. The molecule has 0 aliphatic carbocycles. The van der Waals surface area contributed by atoms with Gasteiger partial charge >= 0.3 is 0 Å². The van der Waals surface area contributed by atoms with Gasteiger partial charge in [-0.05, 0) is 6.92 Å². The number of aryl methyl sites for hydroxylation is 3. The number of nitrogens with zero attached hydrogens (tertiary/aromatic N) is 7. The van der Waals surface area contributed by atoms with E-state index in [1.54, 1.807) is 14.0 Å². The fraction of sp³-hybridized carbons (Fsp3) is 0.286. The zero-order valence-electron chi connectivity index (χ0n) is 13.8. The zero-order valence-corrected chi connectivity index (χ0v) is 13.8. The maximum atomic E-state index is 13.7. The van der Waals surface area contributed by atoms with Crippen molar-refractivity contribution in [3.05, 3.63) is 40.1 Å². The van der Waals surface area contributed by atoms with E-state index in [0.717, 1.165) is 9.25 Å². The molecular weight excluding hydrogens is 331 g/mol. The lowest BCUT2D eigenvalue weighted by Gasteiger charge is -2.04. The first-order chi connectivity index (χ1) is 11.9. The molecule has 0 aliphatic rings. The molecule has 0 radical (unpaired) electrons. The minimum Gasteiger partial charge on any atom is -0.289 e. The van der Waals surface area contributed by atoms with Crippen molar-refractivity contribution in [3.8, 4) is 0 Å². The quantitative estimate of drug-likeness (QED) is 0.504. The topological polar surface area (TPSA) is 112 Å². The lowest BCUT2D eigenvalue weighted by atomic mass is 10.3. The Labute approximate surface area is 140 Å². The molecule has 3 aromatic rings. The van der Waals surface area contributed by atoms with E-state index in [1.807, 2.05) is 0 Å². The highest BCUT2D eigenvalue weighted by molar-refractivity contribution is 5.83. The van der Waals surface area contributed by atoms with Crippen LogP contribution < -0.4 is 11.0 Å². The molecule has 0 saturated heterocycles. The summed E-state index contributed by atoms with van der Waals surface area (Å²) in [5.41, 5.74) is 2.92. The van der Waals surface area contributed by atoms with E-state index in [-0.39, 0.29) is 17.7 Å². The molecule has 0 fully saturated rings. The summed E-state index contributed by atoms with van der Waals surface area (Å²) in [6.07, 6.45) is 3.83. The maximum absolute atomic E-state index is 13.7. The molecule has 1 amide bonds. The van der Waals surface area contributed by atoms with Crippen LogP contribution in [0, 0.1) is 12.9 Å². The Morgan fingerprint density at radius 3 is 2.84 bits per heavy atom. The fourth-order valence-electron chi connectivity index (χ4n) is 2.33. The molecule has 3 aromatic heterocycles.